The van der Waals surface area contributed by atoms with Crippen molar-refractivity contribution in [2.45, 2.75) is 6.42 Å². The summed E-state index contributed by atoms with van der Waals surface area (Å²) < 4.78 is 5.02. The Morgan fingerprint density at radius 3 is 2.70 bits per heavy atom. The number of hydrogen-bond acceptors (Lipinski definition) is 6. The molecule has 1 aliphatic heterocycles. The summed E-state index contributed by atoms with van der Waals surface area (Å²) in [5, 5.41) is 3.08. The first kappa shape index (κ1) is 19.1. The molecule has 0 radical (unpaired) electrons. The van der Waals surface area contributed by atoms with Crippen molar-refractivity contribution in [3.63, 3.8) is 0 Å². The van der Waals surface area contributed by atoms with Crippen LogP contribution in [0.2, 0.25) is 5.02 Å². The van der Waals surface area contributed by atoms with Gasteiger partial charge in [-0.3, -0.25) is 29.6 Å². The molecule has 1 aromatic carbocycles. The number of hydrazine groups is 1. The number of hydrogen-bond donors (Lipinski definition) is 1. The highest BCUT2D eigenvalue weighted by molar-refractivity contribution is 7.12. The number of nitrogens with one attached hydrogen (secondary N) is 1. The summed E-state index contributed by atoms with van der Waals surface area (Å²) in [6, 6.07) is 9.80. The van der Waals surface area contributed by atoms with Crippen LogP contribution in [0.3, 0.4) is 0 Å². The fourth-order valence-electron chi connectivity index (χ4n) is 2.56. The van der Waals surface area contributed by atoms with Crippen LogP contribution >= 0.6 is 22.9 Å². The Bertz CT molecular complexity index is 884. The zero-order chi connectivity index (χ0) is 19.4. The van der Waals surface area contributed by atoms with Crippen LogP contribution in [0.25, 0.3) is 0 Å². The van der Waals surface area contributed by atoms with E-state index < -0.39 is 23.7 Å². The summed E-state index contributed by atoms with van der Waals surface area (Å²) in [5.41, 5.74) is 2.67. The van der Waals surface area contributed by atoms with E-state index in [2.05, 4.69) is 5.43 Å². The number of halogens is 1. The zero-order valence-electron chi connectivity index (χ0n) is 14.0. The molecule has 1 fully saturated rings. The Morgan fingerprint density at radius 1 is 1.22 bits per heavy atom. The average molecular weight is 407 g/mol. The van der Waals surface area contributed by atoms with Crippen molar-refractivity contribution in [1.29, 1.82) is 0 Å². The summed E-state index contributed by atoms with van der Waals surface area (Å²) in [4.78, 5) is 48.8. The number of benzene rings is 1. The summed E-state index contributed by atoms with van der Waals surface area (Å²) >= 11 is 7.22. The second-order valence-electron chi connectivity index (χ2n) is 5.83. The predicted molar refractivity (Wildman–Crippen MR) is 98.3 cm³/mol. The molecule has 27 heavy (non-hydrogen) atoms. The maximum absolute atomic E-state index is 12.2. The number of thiophene rings is 1. The van der Waals surface area contributed by atoms with Crippen molar-refractivity contribution >= 4 is 46.5 Å². The van der Waals surface area contributed by atoms with Gasteiger partial charge in [0.1, 0.15) is 0 Å². The molecular formula is C18H15ClN2O5S. The molecule has 1 N–H and O–H groups in total. The van der Waals surface area contributed by atoms with E-state index in [-0.39, 0.29) is 35.9 Å². The summed E-state index contributed by atoms with van der Waals surface area (Å²) in [6.45, 7) is -0.406. The van der Waals surface area contributed by atoms with Crippen LogP contribution in [0.15, 0.2) is 41.8 Å². The first-order valence-electron chi connectivity index (χ1n) is 8.05. The highest BCUT2D eigenvalue weighted by atomic mass is 35.5. The predicted octanol–water partition coefficient (Wildman–Crippen LogP) is 2.32. The van der Waals surface area contributed by atoms with Crippen LogP contribution in [-0.2, 0) is 14.3 Å². The minimum Gasteiger partial charge on any atom is -0.457 e. The highest BCUT2D eigenvalue weighted by Gasteiger charge is 2.37. The van der Waals surface area contributed by atoms with Gasteiger partial charge in [-0.05, 0) is 23.6 Å². The van der Waals surface area contributed by atoms with Crippen molar-refractivity contribution < 1.29 is 23.9 Å². The molecule has 0 aliphatic carbocycles. The molecule has 2 aromatic rings. The Balaban J connectivity index is 1.53. The third-order valence-electron chi connectivity index (χ3n) is 3.95. The van der Waals surface area contributed by atoms with Crippen LogP contribution < -0.4 is 5.43 Å². The number of esters is 1. The van der Waals surface area contributed by atoms with Crippen molar-refractivity contribution in [3.05, 3.63) is 57.2 Å². The molecule has 9 heteroatoms. The van der Waals surface area contributed by atoms with Gasteiger partial charge < -0.3 is 4.74 Å². The largest absolute Gasteiger partial charge is 0.457 e. The smallest absolute Gasteiger partial charge is 0.311 e. The van der Waals surface area contributed by atoms with E-state index in [1.54, 1.807) is 35.7 Å². The Hall–Kier alpha value is -2.71. The molecule has 140 valence electrons. The third-order valence-corrected chi connectivity index (χ3v) is 5.20. The fourth-order valence-corrected chi connectivity index (χ4v) is 3.44. The first-order chi connectivity index (χ1) is 13.0. The van der Waals surface area contributed by atoms with Gasteiger partial charge in [-0.15, -0.1) is 11.3 Å². The maximum atomic E-state index is 12.2. The number of amides is 2. The number of nitrogens with zero attached hydrogens (tertiary/aromatic N) is 1. The molecule has 1 aliphatic rings. The van der Waals surface area contributed by atoms with Gasteiger partial charge in [-0.1, -0.05) is 29.8 Å². The molecular weight excluding hydrogens is 392 g/mol. The standard InChI is InChI=1S/C18H15ClN2O5S/c19-13-5-2-1-4-12(13)17(24)20-21-9-11(8-16(21)23)18(25)26-10-14(22)15-6-3-7-27-15/h1-7,11H,8-10H2,(H,20,24). The second kappa shape index (κ2) is 8.32. The minimum absolute atomic E-state index is 0.0267. The zero-order valence-corrected chi connectivity index (χ0v) is 15.6. The second-order valence-corrected chi connectivity index (χ2v) is 7.19. The molecule has 2 heterocycles. The van der Waals surface area contributed by atoms with E-state index in [0.717, 1.165) is 5.01 Å². The molecule has 2 amide bonds. The number of Topliss-reactive ketones (excluding diaryl/α,β-unsaturated/α-hetero) is 1. The molecule has 7 nitrogen and oxygen atoms in total. The molecule has 1 unspecified atom stereocenters. The lowest BCUT2D eigenvalue weighted by atomic mass is 10.1. The van der Waals surface area contributed by atoms with Gasteiger partial charge in [-0.25, -0.2) is 0 Å². The van der Waals surface area contributed by atoms with Crippen molar-refractivity contribution in [2.24, 2.45) is 5.92 Å². The van der Waals surface area contributed by atoms with Gasteiger partial charge in [0.15, 0.2) is 6.61 Å². The first-order valence-corrected chi connectivity index (χ1v) is 9.30. The number of ketones is 1. The molecule has 0 spiro atoms. The number of carbonyl (C=O) groups excluding carboxylic acids is 4. The van der Waals surface area contributed by atoms with E-state index in [1.165, 1.54) is 17.4 Å². The summed E-state index contributed by atoms with van der Waals surface area (Å²) in [6.07, 6.45) is -0.102. The Kier molecular flexibility index (Phi) is 5.88. The van der Waals surface area contributed by atoms with E-state index in [9.17, 15) is 19.2 Å². The topological polar surface area (TPSA) is 92.8 Å². The third kappa shape index (κ3) is 4.53. The molecule has 1 atom stereocenters. The lowest BCUT2D eigenvalue weighted by Crippen LogP contribution is -2.43. The van der Waals surface area contributed by atoms with E-state index in [4.69, 9.17) is 16.3 Å². The summed E-state index contributed by atoms with van der Waals surface area (Å²) in [7, 11) is 0. The van der Waals surface area contributed by atoms with Crippen molar-refractivity contribution in [2.75, 3.05) is 13.2 Å². The number of rotatable bonds is 6. The van der Waals surface area contributed by atoms with Gasteiger partial charge in [0.2, 0.25) is 11.7 Å². The van der Waals surface area contributed by atoms with E-state index in [0.29, 0.717) is 4.88 Å². The lowest BCUT2D eigenvalue weighted by molar-refractivity contribution is -0.147. The Labute approximate surface area is 163 Å². The van der Waals surface area contributed by atoms with Gasteiger partial charge in [0.05, 0.1) is 27.9 Å². The normalized spacial score (nSPS) is 16.3. The van der Waals surface area contributed by atoms with Crippen LogP contribution in [0, 0.1) is 5.92 Å². The van der Waals surface area contributed by atoms with Crippen molar-refractivity contribution in [1.82, 2.24) is 10.4 Å². The molecule has 3 rings (SSSR count). The van der Waals surface area contributed by atoms with Gasteiger partial charge in [0.25, 0.3) is 5.91 Å². The SMILES string of the molecule is O=C(COC(=O)C1CC(=O)N(NC(=O)c2ccccc2Cl)C1)c1cccs1. The number of carbonyl (C=O) groups is 4. The summed E-state index contributed by atoms with van der Waals surface area (Å²) in [5.74, 6) is -2.66. The highest BCUT2D eigenvalue weighted by Crippen LogP contribution is 2.20. The van der Waals surface area contributed by atoms with E-state index >= 15 is 0 Å². The average Bonchev–Trinajstić information content (AvgIpc) is 3.30. The van der Waals surface area contributed by atoms with Gasteiger partial charge in [0, 0.05) is 6.42 Å². The van der Waals surface area contributed by atoms with Crippen LogP contribution in [-0.4, -0.2) is 41.7 Å². The molecule has 0 saturated carbocycles. The lowest BCUT2D eigenvalue weighted by Gasteiger charge is -2.18. The van der Waals surface area contributed by atoms with Crippen molar-refractivity contribution in [3.8, 4) is 0 Å². The molecule has 1 aromatic heterocycles. The minimum atomic E-state index is -0.750. The Morgan fingerprint density at radius 2 is 2.00 bits per heavy atom. The van der Waals surface area contributed by atoms with Gasteiger partial charge >= 0.3 is 5.97 Å². The monoisotopic (exact) mass is 406 g/mol. The number of ether oxygens (including phenoxy) is 1. The van der Waals surface area contributed by atoms with Crippen LogP contribution in [0.5, 0.6) is 0 Å². The molecule has 0 bridgehead atoms. The maximum Gasteiger partial charge on any atom is 0.311 e. The quantitative estimate of drug-likeness (QED) is 0.587. The molecule has 1 saturated heterocycles. The van der Waals surface area contributed by atoms with Crippen LogP contribution in [0.4, 0.5) is 0 Å². The van der Waals surface area contributed by atoms with Gasteiger partial charge in [-0.2, -0.15) is 0 Å². The van der Waals surface area contributed by atoms with Crippen LogP contribution in [0.1, 0.15) is 26.5 Å². The fraction of sp³-hybridized carbons (Fsp3) is 0.222. The van der Waals surface area contributed by atoms with E-state index in [1.807, 2.05) is 0 Å².